The van der Waals surface area contributed by atoms with E-state index in [1.165, 1.54) is 10.1 Å². The van der Waals surface area contributed by atoms with Crippen molar-refractivity contribution in [3.63, 3.8) is 0 Å². The molecular weight excluding hydrogens is 647 g/mol. The maximum atomic E-state index is 8.98. The lowest BCUT2D eigenvalue weighted by Gasteiger charge is -2.12. The maximum absolute atomic E-state index is 8.98. The molecule has 50 heavy (non-hydrogen) atoms. The van der Waals surface area contributed by atoms with E-state index < -0.39 is 6.04 Å². The normalized spacial score (nSPS) is 13.6. The number of hydrogen-bond donors (Lipinski definition) is 0. The molecule has 3 heterocycles. The average molecular weight is 681 g/mol. The van der Waals surface area contributed by atoms with Crippen LogP contribution in [0.15, 0.2) is 164 Å². The fourth-order valence-electron chi connectivity index (χ4n) is 6.53. The molecule has 0 saturated carbocycles. The Bertz CT molecular complexity index is 3270. The van der Waals surface area contributed by atoms with Crippen LogP contribution in [0.4, 0.5) is 0 Å². The second-order valence-corrected chi connectivity index (χ2v) is 13.9. The van der Waals surface area contributed by atoms with Gasteiger partial charge in [0.15, 0.2) is 17.5 Å². The Balaban J connectivity index is 1.17. The summed E-state index contributed by atoms with van der Waals surface area (Å²) in [6.07, 6.45) is 0. The zero-order valence-corrected chi connectivity index (χ0v) is 27.8. The van der Waals surface area contributed by atoms with Crippen molar-refractivity contribution < 1.29 is 9.60 Å². The van der Waals surface area contributed by atoms with Crippen molar-refractivity contribution in [2.24, 2.45) is 0 Å². The van der Waals surface area contributed by atoms with Crippen LogP contribution in [-0.4, -0.2) is 15.0 Å². The van der Waals surface area contributed by atoms with Crippen LogP contribution in [-0.2, 0) is 0 Å². The highest BCUT2D eigenvalue weighted by atomic mass is 32.1. The van der Waals surface area contributed by atoms with Crippen molar-refractivity contribution in [2.45, 2.75) is 0 Å². The van der Waals surface area contributed by atoms with Gasteiger partial charge in [-0.15, -0.1) is 22.7 Å². The smallest absolute Gasteiger partial charge is 0.165 e. The van der Waals surface area contributed by atoms with Gasteiger partial charge in [-0.05, 0) is 40.4 Å². The molecule has 0 bridgehead atoms. The first-order valence-electron chi connectivity index (χ1n) is 19.5. The van der Waals surface area contributed by atoms with Crippen molar-refractivity contribution in [3.8, 4) is 56.4 Å². The molecule has 3 aromatic heterocycles. The van der Waals surface area contributed by atoms with Gasteiger partial charge in [0.05, 0.1) is 9.60 Å². The van der Waals surface area contributed by atoms with E-state index in [-0.39, 0.29) is 47.0 Å². The minimum Gasteiger partial charge on any atom is -0.208 e. The minimum atomic E-state index is -0.398. The summed E-state index contributed by atoms with van der Waals surface area (Å²) < 4.78 is 63.2. The Labute approximate surface area is 306 Å². The van der Waals surface area contributed by atoms with Gasteiger partial charge >= 0.3 is 0 Å². The summed E-state index contributed by atoms with van der Waals surface area (Å²) >= 11 is 2.82. The first-order chi connectivity index (χ1) is 27.7. The van der Waals surface area contributed by atoms with Gasteiger partial charge in [-0.1, -0.05) is 145 Å². The van der Waals surface area contributed by atoms with Gasteiger partial charge in [-0.3, -0.25) is 0 Å². The summed E-state index contributed by atoms with van der Waals surface area (Å²) in [4.78, 5) is 15.3. The van der Waals surface area contributed by atoms with Crippen molar-refractivity contribution in [1.29, 1.82) is 0 Å². The summed E-state index contributed by atoms with van der Waals surface area (Å²) in [5.41, 5.74) is 5.46. The lowest BCUT2D eigenvalue weighted by Crippen LogP contribution is -2.01. The number of rotatable bonds is 5. The third-order valence-corrected chi connectivity index (χ3v) is 11.2. The van der Waals surface area contributed by atoms with E-state index >= 15 is 0 Å². The fraction of sp³-hybridized carbons (Fsp3) is 0. The van der Waals surface area contributed by atoms with Gasteiger partial charge in [0, 0.05) is 57.0 Å². The molecule has 10 rings (SSSR count). The Morgan fingerprint density at radius 2 is 0.960 bits per heavy atom. The Kier molecular flexibility index (Phi) is 5.35. The molecule has 0 amide bonds. The molecule has 0 spiro atoms. The molecule has 10 aromatic rings. The van der Waals surface area contributed by atoms with Crippen LogP contribution >= 0.6 is 22.7 Å². The largest absolute Gasteiger partial charge is 0.208 e. The molecule has 0 saturated heterocycles. The molecule has 7 aromatic carbocycles. The number of hydrogen-bond acceptors (Lipinski definition) is 5. The van der Waals surface area contributed by atoms with Gasteiger partial charge in [0.1, 0.15) is 0 Å². The second kappa shape index (κ2) is 11.8. The van der Waals surface area contributed by atoms with Crippen molar-refractivity contribution in [3.05, 3.63) is 164 Å². The van der Waals surface area contributed by atoms with Crippen LogP contribution in [0.25, 0.3) is 96.8 Å². The quantitative estimate of drug-likeness (QED) is 0.182. The molecule has 234 valence electrons. The van der Waals surface area contributed by atoms with Crippen LogP contribution < -0.4 is 0 Å². The average Bonchev–Trinajstić information content (AvgIpc) is 3.84. The fourth-order valence-corrected chi connectivity index (χ4v) is 8.83. The van der Waals surface area contributed by atoms with Gasteiger partial charge in [-0.2, -0.15) is 0 Å². The summed E-state index contributed by atoms with van der Waals surface area (Å²) in [5.74, 6) is 1.50. The van der Waals surface area contributed by atoms with Gasteiger partial charge in [-0.25, -0.2) is 15.0 Å². The first kappa shape index (κ1) is 22.6. The monoisotopic (exact) mass is 680 g/mol. The molecule has 0 aliphatic heterocycles. The summed E-state index contributed by atoms with van der Waals surface area (Å²) in [5, 5.41) is 2.76. The van der Waals surface area contributed by atoms with Crippen LogP contribution in [0.3, 0.4) is 0 Å². The highest BCUT2D eigenvalue weighted by Crippen LogP contribution is 2.42. The number of benzene rings is 7. The lowest BCUT2D eigenvalue weighted by atomic mass is 9.99. The number of nitrogens with zero attached hydrogens (tertiary/aromatic N) is 3. The van der Waals surface area contributed by atoms with E-state index in [1.54, 1.807) is 11.3 Å². The SMILES string of the molecule is [2H]c1c([2H])c([2H])c2c(sc3c(-c4ccc(-c5nc(-c6ccccc6-c6ccccc6)nc(-c6cccc7c6sc6ccccc67)n5)cc4)c([2H])c([2H])c([2H])c32)c1[2H]. The van der Waals surface area contributed by atoms with Gasteiger partial charge < -0.3 is 0 Å². The molecule has 0 fully saturated rings. The topological polar surface area (TPSA) is 38.7 Å². The minimum absolute atomic E-state index is 0.152. The van der Waals surface area contributed by atoms with Crippen LogP contribution in [0, 0.1) is 0 Å². The third kappa shape index (κ3) is 4.82. The summed E-state index contributed by atoms with van der Waals surface area (Å²) in [7, 11) is 0. The van der Waals surface area contributed by atoms with E-state index in [0.29, 0.717) is 43.6 Å². The third-order valence-electron chi connectivity index (χ3n) is 8.90. The molecule has 0 N–H and O–H groups in total. The second-order valence-electron chi connectivity index (χ2n) is 11.8. The Morgan fingerprint density at radius 3 is 1.84 bits per heavy atom. The summed E-state index contributed by atoms with van der Waals surface area (Å²) in [6, 6.07) is 38.2. The molecular formula is C45H27N3S2. The molecule has 5 heteroatoms. The van der Waals surface area contributed by atoms with Gasteiger partial charge in [0.25, 0.3) is 0 Å². The van der Waals surface area contributed by atoms with Crippen molar-refractivity contribution >= 4 is 63.0 Å². The molecule has 0 radical (unpaired) electrons. The first-order valence-corrected chi connectivity index (χ1v) is 17.7. The molecule has 0 unspecified atom stereocenters. The number of aromatic nitrogens is 3. The molecule has 3 nitrogen and oxygen atoms in total. The molecule has 0 atom stereocenters. The maximum Gasteiger partial charge on any atom is 0.165 e. The standard InChI is InChI=1S/C45H27N3S2/c1-2-12-28(13-3-1)31-14-4-5-17-37(31)44-46-43(47-45(48-44)38-21-11-20-36-34-16-7-9-23-40(34)50-42(36)38)30-26-24-29(25-27-30)32-18-10-19-35-33-15-6-8-22-39(33)49-41(32)35/h1-27H/i6D,8D,10D,15D,18D,19D,22D. The molecule has 0 aliphatic carbocycles. The predicted octanol–water partition coefficient (Wildman–Crippen LogP) is 12.9. The van der Waals surface area contributed by atoms with E-state index in [4.69, 9.17) is 24.5 Å². The summed E-state index contributed by atoms with van der Waals surface area (Å²) in [6.45, 7) is 0. The number of fused-ring (bicyclic) bond motifs is 6. The van der Waals surface area contributed by atoms with Crippen LogP contribution in [0.1, 0.15) is 9.60 Å². The van der Waals surface area contributed by atoms with Crippen LogP contribution in [0.2, 0.25) is 0 Å². The lowest BCUT2D eigenvalue weighted by molar-refractivity contribution is 1.08. The number of thiophene rings is 2. The van der Waals surface area contributed by atoms with E-state index in [9.17, 15) is 0 Å². The van der Waals surface area contributed by atoms with E-state index in [0.717, 1.165) is 43.7 Å². The predicted molar refractivity (Wildman–Crippen MR) is 213 cm³/mol. The van der Waals surface area contributed by atoms with Crippen molar-refractivity contribution in [2.75, 3.05) is 0 Å². The van der Waals surface area contributed by atoms with Gasteiger partial charge in [0.2, 0.25) is 0 Å². The van der Waals surface area contributed by atoms with E-state index in [1.807, 2.05) is 84.9 Å². The zero-order valence-electron chi connectivity index (χ0n) is 33.2. The highest BCUT2D eigenvalue weighted by Gasteiger charge is 2.19. The highest BCUT2D eigenvalue weighted by molar-refractivity contribution is 7.26. The Hall–Kier alpha value is -6.01. The van der Waals surface area contributed by atoms with E-state index in [2.05, 4.69) is 36.4 Å². The molecule has 0 aliphatic rings. The zero-order chi connectivity index (χ0) is 39.1. The Morgan fingerprint density at radius 1 is 0.360 bits per heavy atom. The van der Waals surface area contributed by atoms with Crippen LogP contribution in [0.5, 0.6) is 0 Å². The van der Waals surface area contributed by atoms with Crippen molar-refractivity contribution in [1.82, 2.24) is 15.0 Å².